The molecule has 1 aliphatic rings. The molecule has 32 heavy (non-hydrogen) atoms. The Morgan fingerprint density at radius 2 is 1.75 bits per heavy atom. The number of piperazine rings is 1. The summed E-state index contributed by atoms with van der Waals surface area (Å²) in [4.78, 5) is 25.6. The number of nitrogens with one attached hydrogen (secondary N) is 1. The molecule has 1 aliphatic heterocycles. The van der Waals surface area contributed by atoms with Crippen molar-refractivity contribution in [1.82, 2.24) is 14.9 Å². The molecule has 2 heterocycles. The predicted octanol–water partition coefficient (Wildman–Crippen LogP) is 4.32. The van der Waals surface area contributed by atoms with Gasteiger partial charge in [0.15, 0.2) is 0 Å². The van der Waals surface area contributed by atoms with Crippen LogP contribution in [0.3, 0.4) is 0 Å². The van der Waals surface area contributed by atoms with E-state index in [9.17, 15) is 13.6 Å². The smallest absolute Gasteiger partial charge is 0.322 e. The van der Waals surface area contributed by atoms with Crippen LogP contribution in [0.25, 0.3) is 0 Å². The molecule has 3 aromatic rings. The van der Waals surface area contributed by atoms with Crippen LogP contribution in [0.15, 0.2) is 48.5 Å². The molecule has 166 valence electrons. The molecule has 0 radical (unpaired) electrons. The van der Waals surface area contributed by atoms with Gasteiger partial charge in [-0.05, 0) is 43.7 Å². The SMILES string of the molecule is Cc1nc(C)c(Cc2cccc(F)c2)c(N2CCN(C(=O)Nc3ccccc3F)CC2)n1. The summed E-state index contributed by atoms with van der Waals surface area (Å²) in [5.41, 5.74) is 2.83. The summed E-state index contributed by atoms with van der Waals surface area (Å²) >= 11 is 0. The second-order valence-corrected chi connectivity index (χ2v) is 7.85. The first kappa shape index (κ1) is 21.7. The maximum absolute atomic E-state index is 13.8. The summed E-state index contributed by atoms with van der Waals surface area (Å²) in [5, 5.41) is 2.63. The average Bonchev–Trinajstić information content (AvgIpc) is 2.77. The van der Waals surface area contributed by atoms with E-state index in [2.05, 4.69) is 20.2 Å². The predicted molar refractivity (Wildman–Crippen MR) is 120 cm³/mol. The number of benzene rings is 2. The van der Waals surface area contributed by atoms with Crippen molar-refractivity contribution in [3.05, 3.63) is 82.8 Å². The number of para-hydroxylation sites is 1. The van der Waals surface area contributed by atoms with Gasteiger partial charge in [0, 0.05) is 43.9 Å². The Kier molecular flexibility index (Phi) is 6.30. The highest BCUT2D eigenvalue weighted by atomic mass is 19.1. The first-order chi connectivity index (χ1) is 15.4. The highest BCUT2D eigenvalue weighted by Crippen LogP contribution is 2.25. The Bertz CT molecular complexity index is 1130. The van der Waals surface area contributed by atoms with Gasteiger partial charge in [-0.15, -0.1) is 0 Å². The van der Waals surface area contributed by atoms with E-state index in [0.717, 1.165) is 22.6 Å². The van der Waals surface area contributed by atoms with Crippen molar-refractivity contribution in [3.8, 4) is 0 Å². The molecular formula is C24H25F2N5O. The number of aryl methyl sites for hydroxylation is 2. The first-order valence-corrected chi connectivity index (χ1v) is 10.5. The van der Waals surface area contributed by atoms with Crippen LogP contribution in [0.4, 0.5) is 25.1 Å². The van der Waals surface area contributed by atoms with Crippen LogP contribution in [0, 0.1) is 25.5 Å². The molecular weight excluding hydrogens is 412 g/mol. The van der Waals surface area contributed by atoms with E-state index in [1.165, 1.54) is 24.3 Å². The summed E-state index contributed by atoms with van der Waals surface area (Å²) in [6.45, 7) is 5.89. The molecule has 2 aromatic carbocycles. The van der Waals surface area contributed by atoms with Crippen molar-refractivity contribution in [2.75, 3.05) is 36.4 Å². The lowest BCUT2D eigenvalue weighted by Gasteiger charge is -2.36. The molecule has 6 nitrogen and oxygen atoms in total. The summed E-state index contributed by atoms with van der Waals surface area (Å²) in [6, 6.07) is 12.3. The number of nitrogens with zero attached hydrogens (tertiary/aromatic N) is 4. The molecule has 2 amide bonds. The molecule has 1 fully saturated rings. The quantitative estimate of drug-likeness (QED) is 0.661. The number of aromatic nitrogens is 2. The minimum absolute atomic E-state index is 0.166. The second kappa shape index (κ2) is 9.30. The fourth-order valence-electron chi connectivity index (χ4n) is 3.92. The van der Waals surface area contributed by atoms with Crippen LogP contribution in [-0.4, -0.2) is 47.1 Å². The highest BCUT2D eigenvalue weighted by Gasteiger charge is 2.25. The zero-order chi connectivity index (χ0) is 22.7. The summed E-state index contributed by atoms with van der Waals surface area (Å²) in [5.74, 6) is 0.742. The van der Waals surface area contributed by atoms with Gasteiger partial charge in [0.2, 0.25) is 0 Å². The maximum atomic E-state index is 13.8. The van der Waals surface area contributed by atoms with Crippen LogP contribution >= 0.6 is 0 Å². The number of urea groups is 1. The molecule has 0 spiro atoms. The minimum Gasteiger partial charge on any atom is -0.353 e. The van der Waals surface area contributed by atoms with Crippen molar-refractivity contribution >= 4 is 17.5 Å². The minimum atomic E-state index is -0.464. The van der Waals surface area contributed by atoms with Crippen molar-refractivity contribution in [3.63, 3.8) is 0 Å². The Morgan fingerprint density at radius 1 is 1.00 bits per heavy atom. The summed E-state index contributed by atoms with van der Waals surface area (Å²) in [7, 11) is 0. The molecule has 1 saturated heterocycles. The third-order valence-corrected chi connectivity index (χ3v) is 5.56. The third-order valence-electron chi connectivity index (χ3n) is 5.56. The molecule has 0 unspecified atom stereocenters. The number of hydrogen-bond donors (Lipinski definition) is 1. The van der Waals surface area contributed by atoms with Crippen LogP contribution in [0.5, 0.6) is 0 Å². The van der Waals surface area contributed by atoms with E-state index in [4.69, 9.17) is 0 Å². The fraction of sp³-hybridized carbons (Fsp3) is 0.292. The van der Waals surface area contributed by atoms with Crippen molar-refractivity contribution in [2.45, 2.75) is 20.3 Å². The van der Waals surface area contributed by atoms with Gasteiger partial charge in [-0.1, -0.05) is 24.3 Å². The lowest BCUT2D eigenvalue weighted by molar-refractivity contribution is 0.208. The van der Waals surface area contributed by atoms with E-state index in [0.29, 0.717) is 38.4 Å². The maximum Gasteiger partial charge on any atom is 0.322 e. The van der Waals surface area contributed by atoms with Crippen LogP contribution in [0.2, 0.25) is 0 Å². The molecule has 0 aliphatic carbocycles. The van der Waals surface area contributed by atoms with Crippen LogP contribution in [-0.2, 0) is 6.42 Å². The fourth-order valence-corrected chi connectivity index (χ4v) is 3.92. The number of hydrogen-bond acceptors (Lipinski definition) is 4. The number of halogens is 2. The highest BCUT2D eigenvalue weighted by molar-refractivity contribution is 5.89. The summed E-state index contributed by atoms with van der Waals surface area (Å²) < 4.78 is 27.5. The molecule has 8 heteroatoms. The lowest BCUT2D eigenvalue weighted by Crippen LogP contribution is -2.50. The zero-order valence-electron chi connectivity index (χ0n) is 18.1. The number of carbonyl (C=O) groups is 1. The van der Waals surface area contributed by atoms with Gasteiger partial charge >= 0.3 is 6.03 Å². The molecule has 1 aromatic heterocycles. The monoisotopic (exact) mass is 437 g/mol. The van der Waals surface area contributed by atoms with Gasteiger partial charge < -0.3 is 15.1 Å². The third kappa shape index (κ3) is 4.85. The number of anilines is 2. The zero-order valence-corrected chi connectivity index (χ0v) is 18.1. The normalized spacial score (nSPS) is 13.9. The standard InChI is InChI=1S/C24H25F2N5O/c1-16-20(15-18-6-5-7-19(25)14-18)23(28-17(2)27-16)30-10-12-31(13-11-30)24(32)29-22-9-4-3-8-21(22)26/h3-9,14H,10-13,15H2,1-2H3,(H,29,32). The number of carbonyl (C=O) groups excluding carboxylic acids is 1. The first-order valence-electron chi connectivity index (χ1n) is 10.5. The van der Waals surface area contributed by atoms with Gasteiger partial charge in [-0.3, -0.25) is 0 Å². The Balaban J connectivity index is 1.48. The van der Waals surface area contributed by atoms with E-state index in [1.807, 2.05) is 19.9 Å². The van der Waals surface area contributed by atoms with Gasteiger partial charge in [-0.2, -0.15) is 0 Å². The van der Waals surface area contributed by atoms with Crippen LogP contribution in [0.1, 0.15) is 22.6 Å². The molecule has 4 rings (SSSR count). The Labute approximate surface area is 185 Å². The molecule has 1 N–H and O–H groups in total. The van der Waals surface area contributed by atoms with Gasteiger partial charge in [-0.25, -0.2) is 23.5 Å². The molecule has 0 bridgehead atoms. The lowest BCUT2D eigenvalue weighted by atomic mass is 10.0. The Hall–Kier alpha value is -3.55. The molecule has 0 atom stereocenters. The molecule has 0 saturated carbocycles. The van der Waals surface area contributed by atoms with Gasteiger partial charge in [0.1, 0.15) is 23.3 Å². The van der Waals surface area contributed by atoms with Crippen molar-refractivity contribution < 1.29 is 13.6 Å². The van der Waals surface area contributed by atoms with E-state index < -0.39 is 5.82 Å². The van der Waals surface area contributed by atoms with E-state index >= 15 is 0 Å². The van der Waals surface area contributed by atoms with Crippen LogP contribution < -0.4 is 10.2 Å². The van der Waals surface area contributed by atoms with E-state index in [1.54, 1.807) is 23.1 Å². The topological polar surface area (TPSA) is 61.4 Å². The average molecular weight is 437 g/mol. The van der Waals surface area contributed by atoms with Gasteiger partial charge in [0.05, 0.1) is 5.69 Å². The van der Waals surface area contributed by atoms with E-state index in [-0.39, 0.29) is 17.5 Å². The van der Waals surface area contributed by atoms with Gasteiger partial charge in [0.25, 0.3) is 0 Å². The Morgan fingerprint density at radius 3 is 2.47 bits per heavy atom. The largest absolute Gasteiger partial charge is 0.353 e. The number of rotatable bonds is 4. The second-order valence-electron chi connectivity index (χ2n) is 7.85. The summed E-state index contributed by atoms with van der Waals surface area (Å²) in [6.07, 6.45) is 0.521. The van der Waals surface area contributed by atoms with Crippen molar-refractivity contribution in [2.24, 2.45) is 0 Å². The van der Waals surface area contributed by atoms with Crippen molar-refractivity contribution in [1.29, 1.82) is 0 Å². The number of amides is 2.